The zero-order valence-electron chi connectivity index (χ0n) is 15.8. The third-order valence-electron chi connectivity index (χ3n) is 5.59. The Bertz CT molecular complexity index is 668. The van der Waals surface area contributed by atoms with Crippen molar-refractivity contribution in [2.75, 3.05) is 18.4 Å². The number of hydrogen-bond acceptors (Lipinski definition) is 2. The predicted molar refractivity (Wildman–Crippen MR) is 100 cm³/mol. The number of carbonyl (C=O) groups excluding carboxylic acids is 2. The van der Waals surface area contributed by atoms with Crippen LogP contribution in [0.25, 0.3) is 0 Å². The number of rotatable bonds is 4. The minimum Gasteiger partial charge on any atom is -0.342 e. The first-order valence-corrected chi connectivity index (χ1v) is 9.57. The van der Waals surface area contributed by atoms with Crippen LogP contribution in [0.15, 0.2) is 18.2 Å². The van der Waals surface area contributed by atoms with E-state index in [1.54, 1.807) is 0 Å². The fourth-order valence-corrected chi connectivity index (χ4v) is 3.94. The van der Waals surface area contributed by atoms with E-state index in [1.807, 2.05) is 24.0 Å². The second-order valence-electron chi connectivity index (χ2n) is 8.16. The molecule has 0 spiro atoms. The number of likely N-dealkylation sites (tertiary alicyclic amines) is 1. The Kier molecular flexibility index (Phi) is 5.16. The standard InChI is InChI=1S/C21H30N2O2/c1-13(2)16-9-5-8-15(4)19(16)22-20(24)17-11-18(17)21(25)23-10-6-7-14(3)12-23/h5,8-9,13-14,17-18H,6-7,10-12H2,1-4H3,(H,22,24). The molecule has 3 atom stereocenters. The maximum Gasteiger partial charge on any atom is 0.228 e. The summed E-state index contributed by atoms with van der Waals surface area (Å²) in [7, 11) is 0. The highest BCUT2D eigenvalue weighted by Gasteiger charge is 2.49. The van der Waals surface area contributed by atoms with Crippen LogP contribution in [0.3, 0.4) is 0 Å². The van der Waals surface area contributed by atoms with Gasteiger partial charge in [-0.15, -0.1) is 0 Å². The number of amides is 2. The molecular weight excluding hydrogens is 312 g/mol. The first kappa shape index (κ1) is 18.0. The van der Waals surface area contributed by atoms with E-state index in [2.05, 4.69) is 32.2 Å². The molecule has 0 bridgehead atoms. The summed E-state index contributed by atoms with van der Waals surface area (Å²) < 4.78 is 0. The molecule has 1 heterocycles. The molecule has 4 nitrogen and oxygen atoms in total. The van der Waals surface area contributed by atoms with Crippen LogP contribution in [0, 0.1) is 24.7 Å². The minimum absolute atomic E-state index is 0.000363. The van der Waals surface area contributed by atoms with E-state index >= 15 is 0 Å². The molecule has 2 aliphatic rings. The van der Waals surface area contributed by atoms with E-state index < -0.39 is 0 Å². The number of nitrogens with one attached hydrogen (secondary N) is 1. The van der Waals surface area contributed by atoms with Gasteiger partial charge in [0.2, 0.25) is 11.8 Å². The van der Waals surface area contributed by atoms with Gasteiger partial charge in [0, 0.05) is 18.8 Å². The molecule has 2 amide bonds. The number of carbonyl (C=O) groups is 2. The first-order chi connectivity index (χ1) is 11.9. The van der Waals surface area contributed by atoms with Crippen molar-refractivity contribution >= 4 is 17.5 Å². The van der Waals surface area contributed by atoms with Gasteiger partial charge in [0.1, 0.15) is 0 Å². The van der Waals surface area contributed by atoms with Crippen molar-refractivity contribution in [3.05, 3.63) is 29.3 Å². The molecule has 0 aromatic heterocycles. The summed E-state index contributed by atoms with van der Waals surface area (Å²) in [6.07, 6.45) is 2.97. The number of anilines is 1. The largest absolute Gasteiger partial charge is 0.342 e. The molecule has 1 aromatic carbocycles. The molecule has 0 radical (unpaired) electrons. The molecule has 2 fully saturated rings. The lowest BCUT2D eigenvalue weighted by molar-refractivity contribution is -0.135. The number of para-hydroxylation sites is 1. The van der Waals surface area contributed by atoms with Crippen molar-refractivity contribution in [3.8, 4) is 0 Å². The molecule has 3 rings (SSSR count). The van der Waals surface area contributed by atoms with E-state index in [4.69, 9.17) is 0 Å². The molecule has 1 N–H and O–H groups in total. The van der Waals surface area contributed by atoms with Crippen LogP contribution in [0.2, 0.25) is 0 Å². The van der Waals surface area contributed by atoms with Crippen molar-refractivity contribution in [1.29, 1.82) is 0 Å². The van der Waals surface area contributed by atoms with Crippen LogP contribution in [0.4, 0.5) is 5.69 Å². The van der Waals surface area contributed by atoms with Gasteiger partial charge in [-0.25, -0.2) is 0 Å². The van der Waals surface area contributed by atoms with Crippen LogP contribution >= 0.6 is 0 Å². The maximum atomic E-state index is 12.7. The molecule has 1 aromatic rings. The van der Waals surface area contributed by atoms with Gasteiger partial charge in [0.15, 0.2) is 0 Å². The average molecular weight is 342 g/mol. The van der Waals surface area contributed by atoms with Gasteiger partial charge < -0.3 is 10.2 Å². The molecule has 1 aliphatic heterocycles. The summed E-state index contributed by atoms with van der Waals surface area (Å²) in [6.45, 7) is 10.2. The maximum absolute atomic E-state index is 12.7. The number of aryl methyl sites for hydroxylation is 1. The SMILES string of the molecule is Cc1cccc(C(C)C)c1NC(=O)C1CC1C(=O)N1CCCC(C)C1. The molecule has 136 valence electrons. The molecule has 4 heteroatoms. The number of piperidine rings is 1. The Morgan fingerprint density at radius 1 is 1.24 bits per heavy atom. The van der Waals surface area contributed by atoms with Crippen LogP contribution in [0.1, 0.15) is 57.1 Å². The van der Waals surface area contributed by atoms with Gasteiger partial charge in [-0.1, -0.05) is 39.0 Å². The van der Waals surface area contributed by atoms with Crippen molar-refractivity contribution in [2.45, 2.75) is 52.9 Å². The van der Waals surface area contributed by atoms with Crippen LogP contribution < -0.4 is 5.32 Å². The Labute approximate surface area is 151 Å². The molecule has 1 aliphatic carbocycles. The van der Waals surface area contributed by atoms with E-state index in [9.17, 15) is 9.59 Å². The number of nitrogens with zero attached hydrogens (tertiary/aromatic N) is 1. The third kappa shape index (κ3) is 3.88. The van der Waals surface area contributed by atoms with E-state index in [-0.39, 0.29) is 23.7 Å². The number of hydrogen-bond donors (Lipinski definition) is 1. The highest BCUT2D eigenvalue weighted by Crippen LogP contribution is 2.42. The molecule has 1 saturated heterocycles. The van der Waals surface area contributed by atoms with Gasteiger partial charge in [-0.3, -0.25) is 9.59 Å². The van der Waals surface area contributed by atoms with Crippen molar-refractivity contribution in [2.24, 2.45) is 17.8 Å². The monoisotopic (exact) mass is 342 g/mol. The summed E-state index contributed by atoms with van der Waals surface area (Å²) in [4.78, 5) is 27.3. The number of benzene rings is 1. The molecule has 25 heavy (non-hydrogen) atoms. The predicted octanol–water partition coefficient (Wildman–Crippen LogP) is 3.95. The lowest BCUT2D eigenvalue weighted by atomic mass is 9.98. The summed E-state index contributed by atoms with van der Waals surface area (Å²) in [5.41, 5.74) is 3.15. The van der Waals surface area contributed by atoms with Gasteiger partial charge in [0.25, 0.3) is 0 Å². The van der Waals surface area contributed by atoms with Crippen molar-refractivity contribution < 1.29 is 9.59 Å². The fourth-order valence-electron chi connectivity index (χ4n) is 3.94. The summed E-state index contributed by atoms with van der Waals surface area (Å²) in [5.74, 6) is 0.826. The second kappa shape index (κ2) is 7.19. The third-order valence-corrected chi connectivity index (χ3v) is 5.59. The van der Waals surface area contributed by atoms with Gasteiger partial charge in [-0.2, -0.15) is 0 Å². The second-order valence-corrected chi connectivity index (χ2v) is 8.16. The van der Waals surface area contributed by atoms with Crippen molar-refractivity contribution in [3.63, 3.8) is 0 Å². The Balaban J connectivity index is 1.64. The quantitative estimate of drug-likeness (QED) is 0.900. The summed E-state index contributed by atoms with van der Waals surface area (Å²) in [6, 6.07) is 6.12. The lowest BCUT2D eigenvalue weighted by Crippen LogP contribution is -2.40. The van der Waals surface area contributed by atoms with Crippen LogP contribution in [0.5, 0.6) is 0 Å². The summed E-state index contributed by atoms with van der Waals surface area (Å²) >= 11 is 0. The van der Waals surface area contributed by atoms with E-state index in [0.717, 1.165) is 36.3 Å². The smallest absolute Gasteiger partial charge is 0.228 e. The highest BCUT2D eigenvalue weighted by molar-refractivity contribution is 6.00. The topological polar surface area (TPSA) is 49.4 Å². The Morgan fingerprint density at radius 2 is 2.00 bits per heavy atom. The van der Waals surface area contributed by atoms with Gasteiger partial charge in [0.05, 0.1) is 11.8 Å². The fraction of sp³-hybridized carbons (Fsp3) is 0.619. The highest BCUT2D eigenvalue weighted by atomic mass is 16.2. The van der Waals surface area contributed by atoms with Gasteiger partial charge in [-0.05, 0) is 49.1 Å². The zero-order valence-corrected chi connectivity index (χ0v) is 15.8. The summed E-state index contributed by atoms with van der Waals surface area (Å²) in [5, 5.41) is 3.11. The van der Waals surface area contributed by atoms with E-state index in [1.165, 1.54) is 6.42 Å². The lowest BCUT2D eigenvalue weighted by Gasteiger charge is -2.31. The Hall–Kier alpha value is -1.84. The van der Waals surface area contributed by atoms with Crippen molar-refractivity contribution in [1.82, 2.24) is 4.90 Å². The van der Waals surface area contributed by atoms with E-state index in [0.29, 0.717) is 18.3 Å². The molecule has 1 saturated carbocycles. The van der Waals surface area contributed by atoms with Crippen LogP contribution in [-0.2, 0) is 9.59 Å². The van der Waals surface area contributed by atoms with Crippen LogP contribution in [-0.4, -0.2) is 29.8 Å². The molecule has 3 unspecified atom stereocenters. The first-order valence-electron chi connectivity index (χ1n) is 9.57. The normalized spacial score (nSPS) is 25.8. The zero-order chi connectivity index (χ0) is 18.1. The van der Waals surface area contributed by atoms with Gasteiger partial charge >= 0.3 is 0 Å². The average Bonchev–Trinajstić information content (AvgIpc) is 3.36. The minimum atomic E-state index is -0.163. The Morgan fingerprint density at radius 3 is 2.68 bits per heavy atom. The molecular formula is C21H30N2O2.